The minimum Gasteiger partial charge on any atom is -0.354 e. The lowest BCUT2D eigenvalue weighted by Crippen LogP contribution is -2.46. The van der Waals surface area contributed by atoms with E-state index in [-0.39, 0.29) is 0 Å². The maximum atomic E-state index is 5.95. The van der Waals surface area contributed by atoms with Crippen molar-refractivity contribution in [3.63, 3.8) is 0 Å². The van der Waals surface area contributed by atoms with Crippen molar-refractivity contribution in [2.24, 2.45) is 0 Å². The van der Waals surface area contributed by atoms with E-state index in [1.54, 1.807) is 4.68 Å². The van der Waals surface area contributed by atoms with Gasteiger partial charge in [0.25, 0.3) is 0 Å². The molecule has 0 N–H and O–H groups in total. The van der Waals surface area contributed by atoms with Crippen LogP contribution in [-0.2, 0) is 6.54 Å². The number of halogens is 1. The predicted molar refractivity (Wildman–Crippen MR) is 108 cm³/mol. The zero-order chi connectivity index (χ0) is 18.9. The summed E-state index contributed by atoms with van der Waals surface area (Å²) in [6.45, 7) is 4.47. The Labute approximate surface area is 167 Å². The third-order valence-corrected chi connectivity index (χ3v) is 5.30. The van der Waals surface area contributed by atoms with Crippen LogP contribution >= 0.6 is 11.6 Å². The first kappa shape index (κ1) is 17.2. The summed E-state index contributed by atoms with van der Waals surface area (Å²) in [5.74, 6) is 0.934. The Morgan fingerprint density at radius 3 is 2.57 bits per heavy atom. The molecule has 1 aliphatic heterocycles. The largest absolute Gasteiger partial charge is 0.354 e. The molecule has 1 fully saturated rings. The van der Waals surface area contributed by atoms with E-state index < -0.39 is 0 Å². The smallest absolute Gasteiger partial charge is 0.180 e. The summed E-state index contributed by atoms with van der Waals surface area (Å²) in [4.78, 5) is 4.67. The second kappa shape index (κ2) is 7.26. The van der Waals surface area contributed by atoms with Gasteiger partial charge < -0.3 is 9.42 Å². The molecule has 0 amide bonds. The first-order chi connectivity index (χ1) is 13.8. The summed E-state index contributed by atoms with van der Waals surface area (Å²) in [7, 11) is 0. The molecule has 0 radical (unpaired) electrons. The van der Waals surface area contributed by atoms with Crippen LogP contribution in [0.25, 0.3) is 16.7 Å². The van der Waals surface area contributed by atoms with Crippen LogP contribution in [0.3, 0.4) is 0 Å². The minimum absolute atomic E-state index is 0.710. The average Bonchev–Trinajstić information content (AvgIpc) is 3.36. The summed E-state index contributed by atoms with van der Waals surface area (Å²) in [5.41, 5.74) is 2.74. The molecule has 8 heteroatoms. The number of anilines is 1. The van der Waals surface area contributed by atoms with Crippen molar-refractivity contribution >= 4 is 28.4 Å². The van der Waals surface area contributed by atoms with Gasteiger partial charge in [-0.15, -0.1) is 5.10 Å². The van der Waals surface area contributed by atoms with Crippen molar-refractivity contribution in [3.8, 4) is 5.69 Å². The Bertz CT molecular complexity index is 1080. The molecule has 5 rings (SSSR count). The van der Waals surface area contributed by atoms with Gasteiger partial charge >= 0.3 is 0 Å². The van der Waals surface area contributed by atoms with Gasteiger partial charge in [-0.2, -0.15) is 0 Å². The van der Waals surface area contributed by atoms with E-state index in [4.69, 9.17) is 16.1 Å². The molecule has 4 aromatic rings. The van der Waals surface area contributed by atoms with Gasteiger partial charge in [0.05, 0.1) is 23.0 Å². The Hall–Kier alpha value is -2.90. The number of benzene rings is 2. The Morgan fingerprint density at radius 2 is 1.75 bits per heavy atom. The molecular formula is C20H19ClN6O. The quantitative estimate of drug-likeness (QED) is 0.528. The average molecular weight is 395 g/mol. The molecular weight excluding hydrogens is 376 g/mol. The fraction of sp³-hybridized carbons (Fsp3) is 0.250. The number of nitrogens with zero attached hydrogens (tertiary/aromatic N) is 6. The van der Waals surface area contributed by atoms with E-state index >= 15 is 0 Å². The van der Waals surface area contributed by atoms with Gasteiger partial charge in [-0.1, -0.05) is 34.1 Å². The van der Waals surface area contributed by atoms with Crippen molar-refractivity contribution in [2.45, 2.75) is 6.54 Å². The van der Waals surface area contributed by atoms with Gasteiger partial charge in [-0.3, -0.25) is 4.90 Å². The van der Waals surface area contributed by atoms with Crippen LogP contribution in [0, 0.1) is 0 Å². The molecule has 2 aromatic carbocycles. The molecule has 1 saturated heterocycles. The molecule has 2 aromatic heterocycles. The molecule has 28 heavy (non-hydrogen) atoms. The van der Waals surface area contributed by atoms with Gasteiger partial charge in [0.15, 0.2) is 11.4 Å². The molecule has 3 heterocycles. The minimum atomic E-state index is 0.710. The van der Waals surface area contributed by atoms with Crippen molar-refractivity contribution in [3.05, 3.63) is 65.4 Å². The SMILES string of the molecule is Clc1ccc(-n2cc(CN3CCN(c4noc5ccccc45)CC3)nn2)cc1. The fourth-order valence-electron chi connectivity index (χ4n) is 3.54. The predicted octanol–water partition coefficient (Wildman–Crippen LogP) is 3.38. The molecule has 0 saturated carbocycles. The summed E-state index contributed by atoms with van der Waals surface area (Å²) >= 11 is 5.95. The van der Waals surface area contributed by atoms with Crippen molar-refractivity contribution in [1.29, 1.82) is 0 Å². The lowest BCUT2D eigenvalue weighted by molar-refractivity contribution is 0.245. The van der Waals surface area contributed by atoms with E-state index in [0.717, 1.165) is 60.9 Å². The van der Waals surface area contributed by atoms with Crippen LogP contribution in [0.1, 0.15) is 5.69 Å². The third kappa shape index (κ3) is 3.34. The number of hydrogen-bond acceptors (Lipinski definition) is 6. The molecule has 0 spiro atoms. The summed E-state index contributed by atoms with van der Waals surface area (Å²) < 4.78 is 7.22. The van der Waals surface area contributed by atoms with E-state index in [9.17, 15) is 0 Å². The van der Waals surface area contributed by atoms with Crippen LogP contribution in [0.4, 0.5) is 5.82 Å². The van der Waals surface area contributed by atoms with Gasteiger partial charge in [0, 0.05) is 37.7 Å². The van der Waals surface area contributed by atoms with Crippen LogP contribution in [0.5, 0.6) is 0 Å². The highest BCUT2D eigenvalue weighted by Gasteiger charge is 2.22. The van der Waals surface area contributed by atoms with E-state index in [0.29, 0.717) is 5.02 Å². The Kier molecular flexibility index (Phi) is 4.46. The normalized spacial score (nSPS) is 15.4. The van der Waals surface area contributed by atoms with E-state index in [2.05, 4.69) is 31.3 Å². The number of fused-ring (bicyclic) bond motifs is 1. The second-order valence-corrected chi connectivity index (χ2v) is 7.33. The number of hydrogen-bond donors (Lipinski definition) is 0. The highest BCUT2D eigenvalue weighted by atomic mass is 35.5. The first-order valence-corrected chi connectivity index (χ1v) is 9.63. The van der Waals surface area contributed by atoms with E-state index in [1.165, 1.54) is 0 Å². The monoisotopic (exact) mass is 394 g/mol. The van der Waals surface area contributed by atoms with Crippen molar-refractivity contribution < 1.29 is 4.52 Å². The summed E-state index contributed by atoms with van der Waals surface area (Å²) in [6, 6.07) is 15.6. The molecule has 1 aliphatic rings. The van der Waals surface area contributed by atoms with Gasteiger partial charge in [-0.25, -0.2) is 4.68 Å². The van der Waals surface area contributed by atoms with Gasteiger partial charge in [0.2, 0.25) is 0 Å². The maximum absolute atomic E-state index is 5.95. The molecule has 0 unspecified atom stereocenters. The van der Waals surface area contributed by atoms with Crippen LogP contribution < -0.4 is 4.90 Å². The van der Waals surface area contributed by atoms with Crippen molar-refractivity contribution in [2.75, 3.05) is 31.1 Å². The first-order valence-electron chi connectivity index (χ1n) is 9.25. The zero-order valence-corrected chi connectivity index (χ0v) is 16.0. The van der Waals surface area contributed by atoms with Gasteiger partial charge in [0.1, 0.15) is 0 Å². The zero-order valence-electron chi connectivity index (χ0n) is 15.2. The van der Waals surface area contributed by atoms with Crippen molar-refractivity contribution in [1.82, 2.24) is 25.1 Å². The molecule has 7 nitrogen and oxygen atoms in total. The van der Waals surface area contributed by atoms with E-state index in [1.807, 2.05) is 48.7 Å². The number of piperazine rings is 1. The number of rotatable bonds is 4. The highest BCUT2D eigenvalue weighted by Crippen LogP contribution is 2.26. The van der Waals surface area contributed by atoms with Crippen LogP contribution in [0.2, 0.25) is 5.02 Å². The topological polar surface area (TPSA) is 63.2 Å². The third-order valence-electron chi connectivity index (χ3n) is 5.05. The van der Waals surface area contributed by atoms with Gasteiger partial charge in [-0.05, 0) is 36.4 Å². The standard InChI is InChI=1S/C20H19ClN6O/c21-15-5-7-17(8-6-15)27-14-16(22-24-27)13-25-9-11-26(12-10-25)20-18-3-1-2-4-19(18)28-23-20/h1-8,14H,9-13H2. The maximum Gasteiger partial charge on any atom is 0.180 e. The number of para-hydroxylation sites is 1. The molecule has 0 aliphatic carbocycles. The Morgan fingerprint density at radius 1 is 0.964 bits per heavy atom. The molecule has 142 valence electrons. The summed E-state index contributed by atoms with van der Waals surface area (Å²) in [5, 5.41) is 14.6. The molecule has 0 atom stereocenters. The lowest BCUT2D eigenvalue weighted by atomic mass is 10.2. The summed E-state index contributed by atoms with van der Waals surface area (Å²) in [6.07, 6.45) is 1.97. The number of aromatic nitrogens is 4. The second-order valence-electron chi connectivity index (χ2n) is 6.90. The lowest BCUT2D eigenvalue weighted by Gasteiger charge is -2.34. The Balaban J connectivity index is 1.22. The highest BCUT2D eigenvalue weighted by molar-refractivity contribution is 6.30. The fourth-order valence-corrected chi connectivity index (χ4v) is 3.66. The van der Waals surface area contributed by atoms with Crippen LogP contribution in [-0.4, -0.2) is 51.2 Å². The van der Waals surface area contributed by atoms with Crippen LogP contribution in [0.15, 0.2) is 59.3 Å². The molecule has 0 bridgehead atoms.